The first-order valence-corrected chi connectivity index (χ1v) is 9.46. The smallest absolute Gasteiger partial charge is 0.303 e. The maximum atomic E-state index is 10.5. The number of aliphatic carboxylic acids is 1. The molecule has 144 valence electrons. The van der Waals surface area contributed by atoms with Crippen molar-refractivity contribution in [3.8, 4) is 5.75 Å². The molecule has 5 nitrogen and oxygen atoms in total. The molecule has 1 saturated carbocycles. The monoisotopic (exact) mass is 382 g/mol. The minimum Gasteiger partial charge on any atom is -0.493 e. The second-order valence-corrected chi connectivity index (χ2v) is 7.31. The Morgan fingerprint density at radius 2 is 1.96 bits per heavy atom. The van der Waals surface area contributed by atoms with Crippen molar-refractivity contribution in [2.45, 2.75) is 50.2 Å². The molecule has 1 aromatic carbocycles. The number of allylic oxidation sites excluding steroid dienone is 2. The Morgan fingerprint density at radius 3 is 2.62 bits per heavy atom. The zero-order chi connectivity index (χ0) is 18.9. The fourth-order valence-electron chi connectivity index (χ4n) is 3.32. The fourth-order valence-corrected chi connectivity index (χ4v) is 3.79. The van der Waals surface area contributed by atoms with Crippen molar-refractivity contribution in [3.05, 3.63) is 42.0 Å². The van der Waals surface area contributed by atoms with Crippen LogP contribution < -0.4 is 4.74 Å². The zero-order valence-corrected chi connectivity index (χ0v) is 15.5. The van der Waals surface area contributed by atoms with Gasteiger partial charge in [0.05, 0.1) is 19.3 Å². The van der Waals surface area contributed by atoms with Gasteiger partial charge in [0, 0.05) is 17.7 Å². The summed E-state index contributed by atoms with van der Waals surface area (Å²) >= 11 is 6.42. The van der Waals surface area contributed by atoms with Crippen molar-refractivity contribution in [1.29, 1.82) is 0 Å². The first-order chi connectivity index (χ1) is 12.5. The van der Waals surface area contributed by atoms with Crippen LogP contribution in [-0.4, -0.2) is 39.4 Å². The van der Waals surface area contributed by atoms with Gasteiger partial charge in [-0.1, -0.05) is 24.3 Å². The number of ether oxygens (including phenoxy) is 1. The van der Waals surface area contributed by atoms with Gasteiger partial charge in [-0.25, -0.2) is 0 Å². The summed E-state index contributed by atoms with van der Waals surface area (Å²) < 4.78 is 5.82. The number of rotatable bonds is 10. The van der Waals surface area contributed by atoms with Crippen molar-refractivity contribution < 1.29 is 24.9 Å². The highest BCUT2D eigenvalue weighted by Gasteiger charge is 2.41. The van der Waals surface area contributed by atoms with Crippen LogP contribution in [0.5, 0.6) is 5.75 Å². The fraction of sp³-hybridized carbons (Fsp3) is 0.550. The maximum absolute atomic E-state index is 10.5. The largest absolute Gasteiger partial charge is 0.493 e. The van der Waals surface area contributed by atoms with Crippen LogP contribution in [0, 0.1) is 11.8 Å². The summed E-state index contributed by atoms with van der Waals surface area (Å²) in [6.45, 7) is 0.386. The lowest BCUT2D eigenvalue weighted by Gasteiger charge is -2.22. The number of halogens is 1. The summed E-state index contributed by atoms with van der Waals surface area (Å²) in [6.07, 6.45) is 6.36. The third-order valence-electron chi connectivity index (χ3n) is 4.86. The molecule has 1 aliphatic carbocycles. The van der Waals surface area contributed by atoms with Crippen LogP contribution in [0.2, 0.25) is 0 Å². The highest BCUT2D eigenvalue weighted by atomic mass is 35.5. The van der Waals surface area contributed by atoms with Crippen LogP contribution in [-0.2, 0) is 11.4 Å². The summed E-state index contributed by atoms with van der Waals surface area (Å²) in [7, 11) is 0. The normalized spacial score (nSPS) is 25.7. The Hall–Kier alpha value is -1.56. The summed E-state index contributed by atoms with van der Waals surface area (Å²) in [5.74, 6) is 0.00977. The minimum atomic E-state index is -0.776. The molecule has 26 heavy (non-hydrogen) atoms. The van der Waals surface area contributed by atoms with Gasteiger partial charge in [0.2, 0.25) is 0 Å². The van der Waals surface area contributed by atoms with Crippen molar-refractivity contribution in [2.75, 3.05) is 6.61 Å². The molecule has 6 heteroatoms. The SMILES string of the molecule is O=C(O)CCC/C=C\C[C@@H]1[C@@H](COc2ccc(CO)cc2)[C@H](O)C[C@H]1Cl. The Balaban J connectivity index is 1.83. The summed E-state index contributed by atoms with van der Waals surface area (Å²) in [4.78, 5) is 10.5. The molecule has 0 aliphatic heterocycles. The van der Waals surface area contributed by atoms with E-state index >= 15 is 0 Å². The van der Waals surface area contributed by atoms with Crippen LogP contribution in [0.25, 0.3) is 0 Å². The van der Waals surface area contributed by atoms with E-state index in [4.69, 9.17) is 26.6 Å². The number of hydrogen-bond acceptors (Lipinski definition) is 4. The first-order valence-electron chi connectivity index (χ1n) is 9.02. The van der Waals surface area contributed by atoms with E-state index in [1.165, 1.54) is 0 Å². The van der Waals surface area contributed by atoms with Gasteiger partial charge < -0.3 is 20.1 Å². The molecule has 0 unspecified atom stereocenters. The Morgan fingerprint density at radius 1 is 1.23 bits per heavy atom. The number of hydrogen-bond donors (Lipinski definition) is 3. The van der Waals surface area contributed by atoms with Crippen LogP contribution in [0.4, 0.5) is 0 Å². The van der Waals surface area contributed by atoms with Gasteiger partial charge in [0.15, 0.2) is 0 Å². The van der Waals surface area contributed by atoms with E-state index in [9.17, 15) is 9.90 Å². The molecule has 0 aromatic heterocycles. The Kier molecular flexibility index (Phi) is 8.42. The van der Waals surface area contributed by atoms with Crippen molar-refractivity contribution in [3.63, 3.8) is 0 Å². The van der Waals surface area contributed by atoms with Gasteiger partial charge in [0.1, 0.15) is 5.75 Å². The third kappa shape index (κ3) is 6.31. The molecule has 0 spiro atoms. The van der Waals surface area contributed by atoms with Gasteiger partial charge in [-0.15, -0.1) is 11.6 Å². The van der Waals surface area contributed by atoms with Crippen molar-refractivity contribution >= 4 is 17.6 Å². The minimum absolute atomic E-state index is 0.00355. The van der Waals surface area contributed by atoms with E-state index in [1.807, 2.05) is 36.4 Å². The first kappa shape index (κ1) is 20.7. The molecule has 2 rings (SSSR count). The average Bonchev–Trinajstić information content (AvgIpc) is 2.89. The van der Waals surface area contributed by atoms with Crippen LogP contribution >= 0.6 is 11.6 Å². The lowest BCUT2D eigenvalue weighted by Crippen LogP contribution is -2.27. The lowest BCUT2D eigenvalue weighted by molar-refractivity contribution is -0.137. The highest BCUT2D eigenvalue weighted by molar-refractivity contribution is 6.21. The molecule has 0 bridgehead atoms. The Bertz CT molecular complexity index is 586. The molecule has 4 atom stereocenters. The van der Waals surface area contributed by atoms with E-state index in [0.29, 0.717) is 25.2 Å². The topological polar surface area (TPSA) is 87.0 Å². The number of alkyl halides is 1. The second-order valence-electron chi connectivity index (χ2n) is 6.75. The van der Waals surface area contributed by atoms with E-state index in [-0.39, 0.29) is 30.2 Å². The lowest BCUT2D eigenvalue weighted by atomic mass is 9.92. The van der Waals surface area contributed by atoms with Gasteiger partial charge in [0.25, 0.3) is 0 Å². The van der Waals surface area contributed by atoms with Gasteiger partial charge in [-0.3, -0.25) is 4.79 Å². The molecule has 1 aliphatic rings. The van der Waals surface area contributed by atoms with Crippen LogP contribution in [0.3, 0.4) is 0 Å². The second kappa shape index (κ2) is 10.6. The number of unbranched alkanes of at least 4 members (excludes halogenated alkanes) is 1. The number of carboxylic acids is 1. The number of aliphatic hydroxyl groups excluding tert-OH is 2. The maximum Gasteiger partial charge on any atom is 0.303 e. The number of aliphatic hydroxyl groups is 2. The molecular weight excluding hydrogens is 356 g/mol. The van der Waals surface area contributed by atoms with Gasteiger partial charge in [-0.2, -0.15) is 0 Å². The summed E-state index contributed by atoms with van der Waals surface area (Å²) in [5, 5.41) is 27.9. The predicted octanol–water partition coefficient (Wildman–Crippen LogP) is 3.36. The van der Waals surface area contributed by atoms with Crippen molar-refractivity contribution in [2.24, 2.45) is 11.8 Å². The van der Waals surface area contributed by atoms with Gasteiger partial charge in [-0.05, 0) is 49.3 Å². The molecular formula is C20H27ClO5. The highest BCUT2D eigenvalue weighted by Crippen LogP contribution is 2.39. The molecule has 0 radical (unpaired) electrons. The van der Waals surface area contributed by atoms with Crippen LogP contribution in [0.15, 0.2) is 36.4 Å². The van der Waals surface area contributed by atoms with E-state index in [2.05, 4.69) is 0 Å². The Labute approximate surface area is 159 Å². The molecule has 0 saturated heterocycles. The molecule has 0 heterocycles. The van der Waals surface area contributed by atoms with Crippen LogP contribution in [0.1, 0.15) is 37.7 Å². The molecule has 3 N–H and O–H groups in total. The predicted molar refractivity (Wildman–Crippen MR) is 100 cm³/mol. The molecule has 1 fully saturated rings. The molecule has 0 amide bonds. The number of benzene rings is 1. The average molecular weight is 383 g/mol. The number of carboxylic acid groups (broad SMARTS) is 1. The standard InChI is InChI=1S/C20H27ClO5/c21-18-11-19(23)17(13-26-15-9-7-14(12-22)8-10-15)16(18)5-3-1-2-4-6-20(24)25/h1,3,7-10,16-19,22-23H,2,4-6,11-13H2,(H,24,25)/b3-1-/t16-,17-,18-,19-/m1/s1. The zero-order valence-electron chi connectivity index (χ0n) is 14.8. The van der Waals surface area contributed by atoms with Gasteiger partial charge >= 0.3 is 5.97 Å². The quantitative estimate of drug-likeness (QED) is 0.328. The van der Waals surface area contributed by atoms with E-state index < -0.39 is 12.1 Å². The van der Waals surface area contributed by atoms with Crippen molar-refractivity contribution in [1.82, 2.24) is 0 Å². The summed E-state index contributed by atoms with van der Waals surface area (Å²) in [5.41, 5.74) is 0.824. The molecule has 1 aromatic rings. The third-order valence-corrected chi connectivity index (χ3v) is 5.36. The van der Waals surface area contributed by atoms with E-state index in [0.717, 1.165) is 18.4 Å². The number of carbonyl (C=O) groups is 1. The summed E-state index contributed by atoms with van der Waals surface area (Å²) in [6, 6.07) is 7.23. The van der Waals surface area contributed by atoms with E-state index in [1.54, 1.807) is 0 Å².